The third kappa shape index (κ3) is 4.79. The standard InChI is InChI=1S/C29H33FN2O5.C2H6/c1-17-12-18-4-5-20-14-21(33)6-9-27(20,2)25(18)22(34)15-28(17,3)29(23(35)7-10-31)16-36-26(37-29)19-8-11-32-24(30)13-19;1-2/h6,8-9,11,13-14,17-18,22,25-26,34H,4-5,7,12,15-16H2,1-3H3;1-2H3/t17-,18-,22?,25+,26?,27?,28?,29-;/m0./s1. The molecule has 0 aromatic carbocycles. The van der Waals surface area contributed by atoms with Crippen LogP contribution in [0.5, 0.6) is 0 Å². The van der Waals surface area contributed by atoms with Crippen LogP contribution in [-0.2, 0) is 19.1 Å². The minimum absolute atomic E-state index is 0.0246. The molecule has 1 aliphatic heterocycles. The van der Waals surface area contributed by atoms with Crippen LogP contribution in [0.1, 0.15) is 78.6 Å². The summed E-state index contributed by atoms with van der Waals surface area (Å²) in [6, 6.07) is 4.75. The maximum atomic E-state index is 13.9. The van der Waals surface area contributed by atoms with E-state index in [0.717, 1.165) is 24.8 Å². The van der Waals surface area contributed by atoms with E-state index in [-0.39, 0.29) is 43.0 Å². The van der Waals surface area contributed by atoms with Gasteiger partial charge >= 0.3 is 0 Å². The van der Waals surface area contributed by atoms with Gasteiger partial charge < -0.3 is 14.6 Å². The highest BCUT2D eigenvalue weighted by Gasteiger charge is 2.64. The lowest BCUT2D eigenvalue weighted by Gasteiger charge is -2.49. The maximum absolute atomic E-state index is 13.9. The maximum Gasteiger partial charge on any atom is 0.213 e. The van der Waals surface area contributed by atoms with Crippen LogP contribution in [0, 0.1) is 45.9 Å². The molecule has 3 aliphatic carbocycles. The van der Waals surface area contributed by atoms with Crippen molar-refractivity contribution >= 4 is 11.6 Å². The number of carbonyl (C=O) groups is 2. The molecule has 7 nitrogen and oxygen atoms in total. The van der Waals surface area contributed by atoms with Crippen LogP contribution in [0.25, 0.3) is 0 Å². The summed E-state index contributed by atoms with van der Waals surface area (Å²) in [4.78, 5) is 29.4. The summed E-state index contributed by atoms with van der Waals surface area (Å²) in [6.45, 7) is 10.0. The fraction of sp³-hybridized carbons (Fsp3) is 0.613. The van der Waals surface area contributed by atoms with Crippen LogP contribution in [0.4, 0.5) is 4.39 Å². The number of carbonyl (C=O) groups excluding carboxylic acids is 2. The number of pyridine rings is 1. The van der Waals surface area contributed by atoms with Gasteiger partial charge in [-0.15, -0.1) is 0 Å². The van der Waals surface area contributed by atoms with Crippen molar-refractivity contribution in [3.63, 3.8) is 0 Å². The predicted octanol–water partition coefficient (Wildman–Crippen LogP) is 5.41. The van der Waals surface area contributed by atoms with Gasteiger partial charge in [0.2, 0.25) is 5.95 Å². The highest BCUT2D eigenvalue weighted by molar-refractivity contribution is 6.01. The minimum Gasteiger partial charge on any atom is -0.393 e. The van der Waals surface area contributed by atoms with E-state index in [4.69, 9.17) is 9.47 Å². The molecule has 0 bridgehead atoms. The van der Waals surface area contributed by atoms with Crippen molar-refractivity contribution in [2.24, 2.45) is 28.6 Å². The fourth-order valence-electron chi connectivity index (χ4n) is 7.58. The molecule has 0 radical (unpaired) electrons. The Hall–Kier alpha value is -2.73. The number of ether oxygens (including phenoxy) is 2. The van der Waals surface area contributed by atoms with Crippen molar-refractivity contribution < 1.29 is 28.6 Å². The topological polar surface area (TPSA) is 110 Å². The molecule has 1 aromatic rings. The van der Waals surface area contributed by atoms with Gasteiger partial charge in [0.05, 0.1) is 25.2 Å². The monoisotopic (exact) mass is 538 g/mol. The number of nitrogens with zero attached hydrogens (tertiary/aromatic N) is 2. The summed E-state index contributed by atoms with van der Waals surface area (Å²) >= 11 is 0. The first-order valence-electron chi connectivity index (χ1n) is 14.0. The summed E-state index contributed by atoms with van der Waals surface area (Å²) in [5.74, 6) is -1.11. The molecule has 3 fully saturated rings. The number of aliphatic hydroxyl groups excluding tert-OH is 1. The number of allylic oxidation sites excluding steroid dienone is 4. The number of aliphatic hydroxyl groups is 1. The Morgan fingerprint density at radius 2 is 2.08 bits per heavy atom. The van der Waals surface area contributed by atoms with E-state index in [2.05, 4.69) is 18.8 Å². The average molecular weight is 539 g/mol. The summed E-state index contributed by atoms with van der Waals surface area (Å²) in [7, 11) is 0. The van der Waals surface area contributed by atoms with Gasteiger partial charge in [0.25, 0.3) is 0 Å². The summed E-state index contributed by atoms with van der Waals surface area (Å²) in [5.41, 5.74) is -1.36. The summed E-state index contributed by atoms with van der Waals surface area (Å²) in [6.07, 6.45) is 7.08. The van der Waals surface area contributed by atoms with Crippen LogP contribution < -0.4 is 0 Å². The van der Waals surface area contributed by atoms with Crippen LogP contribution in [0.15, 0.2) is 42.1 Å². The number of hydrogen-bond donors (Lipinski definition) is 1. The first-order valence-corrected chi connectivity index (χ1v) is 14.0. The minimum atomic E-state index is -1.49. The Morgan fingerprint density at radius 1 is 1.33 bits per heavy atom. The number of hydrogen-bond acceptors (Lipinski definition) is 7. The lowest BCUT2D eigenvalue weighted by atomic mass is 9.56. The van der Waals surface area contributed by atoms with Crippen LogP contribution >= 0.6 is 0 Å². The molecule has 39 heavy (non-hydrogen) atoms. The van der Waals surface area contributed by atoms with E-state index in [1.165, 1.54) is 12.3 Å². The molecule has 0 spiro atoms. The number of rotatable bonds is 4. The molecule has 210 valence electrons. The first kappa shape index (κ1) is 29.3. The van der Waals surface area contributed by atoms with Crippen LogP contribution in [0.2, 0.25) is 0 Å². The Kier molecular flexibility index (Phi) is 8.28. The Balaban J connectivity index is 0.00000172. The van der Waals surface area contributed by atoms with Crippen molar-refractivity contribution in [3.8, 4) is 6.07 Å². The van der Waals surface area contributed by atoms with Crippen LogP contribution in [0.3, 0.4) is 0 Å². The molecule has 8 atom stereocenters. The van der Waals surface area contributed by atoms with Gasteiger partial charge in [-0.05, 0) is 55.7 Å². The molecule has 4 unspecified atom stereocenters. The average Bonchev–Trinajstić information content (AvgIpc) is 3.34. The molecule has 5 rings (SSSR count). The number of nitriles is 1. The number of halogens is 1. The molecule has 2 heterocycles. The fourth-order valence-corrected chi connectivity index (χ4v) is 7.58. The lowest BCUT2D eigenvalue weighted by Crippen LogP contribution is -2.58. The van der Waals surface area contributed by atoms with Crippen molar-refractivity contribution in [2.45, 2.75) is 84.7 Å². The predicted molar refractivity (Wildman–Crippen MR) is 142 cm³/mol. The zero-order chi connectivity index (χ0) is 28.6. The van der Waals surface area contributed by atoms with Gasteiger partial charge in [0.15, 0.2) is 23.5 Å². The molecule has 1 saturated heterocycles. The highest BCUT2D eigenvalue weighted by Crippen LogP contribution is 2.61. The van der Waals surface area contributed by atoms with Gasteiger partial charge in [-0.25, -0.2) is 4.98 Å². The molecule has 1 N–H and O–H groups in total. The number of ketones is 2. The Labute approximate surface area is 230 Å². The molecular weight excluding hydrogens is 499 g/mol. The van der Waals surface area contributed by atoms with Crippen molar-refractivity contribution in [1.29, 1.82) is 5.26 Å². The number of Topliss-reactive ketones (excluding diaryl/α,β-unsaturated/α-hetero) is 1. The largest absolute Gasteiger partial charge is 0.393 e. The lowest BCUT2D eigenvalue weighted by molar-refractivity contribution is -0.178. The number of fused-ring (bicyclic) bond motifs is 3. The van der Waals surface area contributed by atoms with Gasteiger partial charge in [0.1, 0.15) is 0 Å². The van der Waals surface area contributed by atoms with E-state index in [1.807, 2.05) is 32.9 Å². The van der Waals surface area contributed by atoms with E-state index >= 15 is 0 Å². The molecular formula is C31H39FN2O5. The van der Waals surface area contributed by atoms with Gasteiger partial charge in [0, 0.05) is 34.6 Å². The molecule has 2 saturated carbocycles. The second-order valence-corrected chi connectivity index (χ2v) is 11.6. The van der Waals surface area contributed by atoms with E-state index in [9.17, 15) is 24.3 Å². The third-order valence-corrected chi connectivity index (χ3v) is 9.76. The molecule has 1 aromatic heterocycles. The number of aromatic nitrogens is 1. The third-order valence-electron chi connectivity index (χ3n) is 9.76. The SMILES string of the molecule is CC.C[C@H]1C[C@@H]2CCC3=CC(=O)C=CC3(C)[C@H]2C(O)CC1(C)[C@@]1(C(=O)CC#N)COC(c2ccnc(F)c2)O1. The second-order valence-electron chi connectivity index (χ2n) is 11.6. The van der Waals surface area contributed by atoms with Gasteiger partial charge in [-0.1, -0.05) is 46.3 Å². The van der Waals surface area contributed by atoms with E-state index in [0.29, 0.717) is 5.56 Å². The van der Waals surface area contributed by atoms with E-state index in [1.54, 1.807) is 18.2 Å². The van der Waals surface area contributed by atoms with E-state index < -0.39 is 40.6 Å². The van der Waals surface area contributed by atoms with Crippen molar-refractivity contribution in [2.75, 3.05) is 6.61 Å². The Morgan fingerprint density at radius 3 is 2.77 bits per heavy atom. The normalized spacial score (nSPS) is 39.3. The molecule has 8 heteroatoms. The van der Waals surface area contributed by atoms with Crippen molar-refractivity contribution in [3.05, 3.63) is 53.6 Å². The zero-order valence-electron chi connectivity index (χ0n) is 23.4. The zero-order valence-corrected chi connectivity index (χ0v) is 23.4. The summed E-state index contributed by atoms with van der Waals surface area (Å²) < 4.78 is 26.3. The second kappa shape index (κ2) is 11.0. The van der Waals surface area contributed by atoms with Gasteiger partial charge in [-0.3, -0.25) is 9.59 Å². The highest BCUT2D eigenvalue weighted by atomic mass is 19.1. The first-order chi connectivity index (χ1) is 18.5. The van der Waals surface area contributed by atoms with Crippen LogP contribution in [-0.4, -0.2) is 40.0 Å². The van der Waals surface area contributed by atoms with Gasteiger partial charge in [-0.2, -0.15) is 9.65 Å². The Bertz CT molecular complexity index is 1220. The quantitative estimate of drug-likeness (QED) is 0.511. The molecule has 4 aliphatic rings. The molecule has 0 amide bonds. The van der Waals surface area contributed by atoms with Crippen molar-refractivity contribution in [1.82, 2.24) is 4.98 Å². The smallest absolute Gasteiger partial charge is 0.213 e. The summed E-state index contributed by atoms with van der Waals surface area (Å²) in [5, 5.41) is 21.3.